The molecule has 1 aliphatic carbocycles. The van der Waals surface area contributed by atoms with E-state index < -0.39 is 0 Å². The van der Waals surface area contributed by atoms with Crippen molar-refractivity contribution in [3.63, 3.8) is 0 Å². The first-order valence-electron chi connectivity index (χ1n) is 4.19. The Hall–Kier alpha value is -2.43. The van der Waals surface area contributed by atoms with Gasteiger partial charge in [0.2, 0.25) is 0 Å². The highest BCUT2D eigenvalue weighted by Gasteiger charge is 2.29. The Balaban J connectivity index is 2.94. The molecule has 1 aromatic rings. The molecule has 0 aliphatic heterocycles. The molecule has 0 radical (unpaired) electrons. The second-order valence-corrected chi connectivity index (χ2v) is 2.98. The van der Waals surface area contributed by atoms with E-state index in [0.717, 1.165) is 0 Å². The van der Waals surface area contributed by atoms with Crippen LogP contribution >= 0.6 is 0 Å². The van der Waals surface area contributed by atoms with Crippen molar-refractivity contribution in [1.82, 2.24) is 0 Å². The Morgan fingerprint density at radius 1 is 0.667 bits per heavy atom. The van der Waals surface area contributed by atoms with E-state index in [-0.39, 0.29) is 16.7 Å². The van der Waals surface area contributed by atoms with E-state index in [1.807, 2.05) is 0 Å². The number of allylic oxidation sites excluding steroid dienone is 3. The summed E-state index contributed by atoms with van der Waals surface area (Å²) >= 11 is 0. The third kappa shape index (κ3) is 1.13. The van der Waals surface area contributed by atoms with Crippen LogP contribution in [-0.2, 0) is 14.4 Å². The molecule has 0 saturated carbocycles. The third-order valence-electron chi connectivity index (χ3n) is 2.27. The van der Waals surface area contributed by atoms with Gasteiger partial charge in [-0.05, 0) is 0 Å². The van der Waals surface area contributed by atoms with Crippen molar-refractivity contribution in [2.45, 2.75) is 0 Å². The molecule has 0 saturated heterocycles. The standard InChI is InChI=1S/C12H4O3/c13-5-10-8-3-1-2-4-9(8)11(6-14)12(10)7-15/h1-4H. The fourth-order valence-corrected chi connectivity index (χ4v) is 1.63. The average molecular weight is 196 g/mol. The highest BCUT2D eigenvalue weighted by atomic mass is 16.1. The normalized spacial score (nSPS) is 12.9. The number of rotatable bonds is 0. The number of benzene rings is 1. The Morgan fingerprint density at radius 2 is 1.07 bits per heavy atom. The molecule has 0 heterocycles. The summed E-state index contributed by atoms with van der Waals surface area (Å²) in [6.45, 7) is 0. The van der Waals surface area contributed by atoms with E-state index in [1.54, 1.807) is 42.1 Å². The predicted octanol–water partition coefficient (Wildman–Crippen LogP) is 0.888. The molecule has 15 heavy (non-hydrogen) atoms. The molecule has 70 valence electrons. The van der Waals surface area contributed by atoms with E-state index in [0.29, 0.717) is 11.1 Å². The maximum atomic E-state index is 10.7. The highest BCUT2D eigenvalue weighted by Crippen LogP contribution is 2.40. The van der Waals surface area contributed by atoms with Crippen LogP contribution in [0, 0.1) is 0 Å². The summed E-state index contributed by atoms with van der Waals surface area (Å²) in [5.74, 6) is 4.89. The minimum atomic E-state index is -0.0544. The summed E-state index contributed by atoms with van der Waals surface area (Å²) in [6, 6.07) is 6.73. The molecule has 2 rings (SSSR count). The number of hydrogen-bond donors (Lipinski definition) is 0. The highest BCUT2D eigenvalue weighted by molar-refractivity contribution is 6.24. The number of carbonyl (C=O) groups excluding carboxylic acids is 3. The van der Waals surface area contributed by atoms with Gasteiger partial charge in [-0.15, -0.1) is 0 Å². The van der Waals surface area contributed by atoms with Gasteiger partial charge in [0.25, 0.3) is 0 Å². The zero-order valence-corrected chi connectivity index (χ0v) is 7.53. The van der Waals surface area contributed by atoms with Gasteiger partial charge >= 0.3 is 0 Å². The lowest BCUT2D eigenvalue weighted by Gasteiger charge is -1.93. The zero-order valence-electron chi connectivity index (χ0n) is 7.53. The first-order valence-corrected chi connectivity index (χ1v) is 4.19. The summed E-state index contributed by atoms with van der Waals surface area (Å²) in [7, 11) is 0. The SMILES string of the molecule is O=C=C1C(=C=O)c2ccccc2C1=C=O. The molecule has 0 fully saturated rings. The Labute approximate surface area is 85.0 Å². The summed E-state index contributed by atoms with van der Waals surface area (Å²) < 4.78 is 0. The van der Waals surface area contributed by atoms with Crippen molar-refractivity contribution in [2.24, 2.45) is 0 Å². The predicted molar refractivity (Wildman–Crippen MR) is 53.8 cm³/mol. The van der Waals surface area contributed by atoms with Gasteiger partial charge in [-0.1, -0.05) is 24.3 Å². The molecule has 0 N–H and O–H groups in total. The summed E-state index contributed by atoms with van der Waals surface area (Å²) in [4.78, 5) is 32.0. The van der Waals surface area contributed by atoms with Gasteiger partial charge in [-0.2, -0.15) is 0 Å². The third-order valence-corrected chi connectivity index (χ3v) is 2.27. The van der Waals surface area contributed by atoms with Crippen LogP contribution in [-0.4, -0.2) is 17.8 Å². The fraction of sp³-hybridized carbons (Fsp3) is 0. The van der Waals surface area contributed by atoms with Crippen LogP contribution in [0.2, 0.25) is 0 Å². The van der Waals surface area contributed by atoms with E-state index in [4.69, 9.17) is 0 Å². The molecular weight excluding hydrogens is 192 g/mol. The van der Waals surface area contributed by atoms with E-state index >= 15 is 0 Å². The molecular formula is C12H4O3. The first-order chi connectivity index (χ1) is 7.33. The smallest absolute Gasteiger partial charge is 0.135 e. The van der Waals surface area contributed by atoms with E-state index in [2.05, 4.69) is 0 Å². The van der Waals surface area contributed by atoms with Crippen molar-refractivity contribution in [3.8, 4) is 0 Å². The van der Waals surface area contributed by atoms with Crippen LogP contribution in [0.25, 0.3) is 11.1 Å². The molecule has 0 amide bonds. The molecule has 0 atom stereocenters. The molecule has 3 nitrogen and oxygen atoms in total. The minimum Gasteiger partial charge on any atom is -0.233 e. The van der Waals surface area contributed by atoms with Crippen molar-refractivity contribution in [2.75, 3.05) is 0 Å². The lowest BCUT2D eigenvalue weighted by molar-refractivity contribution is 0.566. The number of fused-ring (bicyclic) bond motifs is 1. The van der Waals surface area contributed by atoms with E-state index in [1.165, 1.54) is 0 Å². The molecule has 0 spiro atoms. The molecule has 0 aromatic heterocycles. The number of hydrogen-bond acceptors (Lipinski definition) is 3. The monoisotopic (exact) mass is 196 g/mol. The minimum absolute atomic E-state index is 0.0544. The van der Waals surface area contributed by atoms with Gasteiger partial charge in [-0.3, -0.25) is 0 Å². The average Bonchev–Trinajstić information content (AvgIpc) is 2.61. The maximum Gasteiger partial charge on any atom is 0.135 e. The summed E-state index contributed by atoms with van der Waals surface area (Å²) in [6.07, 6.45) is 0. The van der Waals surface area contributed by atoms with Crippen molar-refractivity contribution in [1.29, 1.82) is 0 Å². The van der Waals surface area contributed by atoms with Crippen molar-refractivity contribution >= 4 is 29.0 Å². The van der Waals surface area contributed by atoms with Gasteiger partial charge in [0.15, 0.2) is 0 Å². The first kappa shape index (κ1) is 9.14. The lowest BCUT2D eigenvalue weighted by Crippen LogP contribution is -1.82. The van der Waals surface area contributed by atoms with Gasteiger partial charge in [0.05, 0.1) is 16.7 Å². The Morgan fingerprint density at radius 3 is 1.40 bits per heavy atom. The summed E-state index contributed by atoms with van der Waals surface area (Å²) in [5.41, 5.74) is 1.17. The van der Waals surface area contributed by atoms with Crippen LogP contribution in [0.4, 0.5) is 0 Å². The van der Waals surface area contributed by atoms with Crippen LogP contribution in [0.15, 0.2) is 29.8 Å². The van der Waals surface area contributed by atoms with Crippen LogP contribution < -0.4 is 0 Å². The Kier molecular flexibility index (Phi) is 2.06. The van der Waals surface area contributed by atoms with Crippen molar-refractivity contribution in [3.05, 3.63) is 41.0 Å². The van der Waals surface area contributed by atoms with Crippen LogP contribution in [0.5, 0.6) is 0 Å². The lowest BCUT2D eigenvalue weighted by atomic mass is 10.1. The molecule has 3 heteroatoms. The summed E-state index contributed by atoms with van der Waals surface area (Å²) in [5, 5.41) is 0. The second kappa shape index (κ2) is 3.38. The zero-order chi connectivity index (χ0) is 10.8. The second-order valence-electron chi connectivity index (χ2n) is 2.98. The van der Waals surface area contributed by atoms with Gasteiger partial charge in [0.1, 0.15) is 17.8 Å². The van der Waals surface area contributed by atoms with Crippen molar-refractivity contribution < 1.29 is 14.4 Å². The largest absolute Gasteiger partial charge is 0.233 e. The quantitative estimate of drug-likeness (QED) is 0.579. The maximum absolute atomic E-state index is 10.7. The molecule has 0 unspecified atom stereocenters. The van der Waals surface area contributed by atoms with Gasteiger partial charge < -0.3 is 0 Å². The van der Waals surface area contributed by atoms with Crippen LogP contribution in [0.3, 0.4) is 0 Å². The molecule has 1 aromatic carbocycles. The topological polar surface area (TPSA) is 51.2 Å². The molecule has 1 aliphatic rings. The molecule has 0 bridgehead atoms. The van der Waals surface area contributed by atoms with E-state index in [9.17, 15) is 14.4 Å². The van der Waals surface area contributed by atoms with Gasteiger partial charge in [-0.25, -0.2) is 14.4 Å². The Bertz CT molecular complexity index is 544. The van der Waals surface area contributed by atoms with Crippen LogP contribution in [0.1, 0.15) is 11.1 Å². The van der Waals surface area contributed by atoms with Gasteiger partial charge in [0, 0.05) is 11.1 Å². The fourth-order valence-electron chi connectivity index (χ4n) is 1.63.